The number of amides is 1. The van der Waals surface area contributed by atoms with Crippen molar-refractivity contribution in [3.8, 4) is 28.7 Å². The molecule has 3 heterocycles. The lowest BCUT2D eigenvalue weighted by molar-refractivity contribution is 0.0635. The first-order valence-corrected chi connectivity index (χ1v) is 10.4. The fraction of sp³-hybridized carbons (Fsp3) is 0.217. The van der Waals surface area contributed by atoms with Crippen LogP contribution in [0.3, 0.4) is 0 Å². The molecule has 1 amide bonds. The Bertz CT molecular complexity index is 1420. The van der Waals surface area contributed by atoms with Gasteiger partial charge in [0.25, 0.3) is 0 Å². The van der Waals surface area contributed by atoms with Crippen LogP contribution in [0, 0.1) is 11.3 Å². The maximum atomic E-state index is 12.3. The van der Waals surface area contributed by atoms with Crippen LogP contribution in [0.4, 0.5) is 10.6 Å². The monoisotopic (exact) mass is 461 g/mol. The lowest BCUT2D eigenvalue weighted by atomic mass is 10.0. The third-order valence-electron chi connectivity index (χ3n) is 4.51. The second kappa shape index (κ2) is 8.48. The predicted octanol–water partition coefficient (Wildman–Crippen LogP) is 4.96. The van der Waals surface area contributed by atoms with E-state index in [1.807, 2.05) is 24.3 Å². The summed E-state index contributed by atoms with van der Waals surface area (Å²) in [5.74, 6) is -0.0234. The fourth-order valence-corrected chi connectivity index (χ4v) is 3.48. The number of hydrogen-bond donors (Lipinski definition) is 1. The largest absolute Gasteiger partial charge is 0.444 e. The van der Waals surface area contributed by atoms with Crippen LogP contribution in [0.15, 0.2) is 42.7 Å². The molecule has 4 aromatic rings. The summed E-state index contributed by atoms with van der Waals surface area (Å²) in [6, 6.07) is 11.0. The number of pyridine rings is 1. The van der Waals surface area contributed by atoms with Crippen LogP contribution < -0.4 is 5.32 Å². The van der Waals surface area contributed by atoms with Crippen LogP contribution in [0.2, 0.25) is 5.02 Å². The van der Waals surface area contributed by atoms with Gasteiger partial charge >= 0.3 is 6.09 Å². The summed E-state index contributed by atoms with van der Waals surface area (Å²) in [6.07, 6.45) is 2.68. The quantitative estimate of drug-likeness (QED) is 0.457. The lowest BCUT2D eigenvalue weighted by Crippen LogP contribution is -2.28. The van der Waals surface area contributed by atoms with Gasteiger partial charge in [0.2, 0.25) is 0 Å². The summed E-state index contributed by atoms with van der Waals surface area (Å²) < 4.78 is 6.92. The molecule has 0 radical (unpaired) electrons. The number of ether oxygens (including phenoxy) is 1. The van der Waals surface area contributed by atoms with E-state index in [9.17, 15) is 10.1 Å². The molecule has 0 saturated carbocycles. The number of hydrogen-bond acceptors (Lipinski definition) is 7. The molecular weight excluding hydrogens is 442 g/mol. The van der Waals surface area contributed by atoms with E-state index >= 15 is 0 Å². The maximum absolute atomic E-state index is 12.3. The van der Waals surface area contributed by atoms with E-state index in [4.69, 9.17) is 16.3 Å². The number of carbonyl (C=O) groups is 1. The van der Waals surface area contributed by atoms with E-state index in [1.54, 1.807) is 57.0 Å². The second-order valence-corrected chi connectivity index (χ2v) is 8.67. The number of benzene rings is 1. The van der Waals surface area contributed by atoms with Crippen molar-refractivity contribution in [3.05, 3.63) is 53.4 Å². The minimum absolute atomic E-state index is 0.0234. The second-order valence-electron chi connectivity index (χ2n) is 8.26. The lowest BCUT2D eigenvalue weighted by Gasteiger charge is -2.20. The van der Waals surface area contributed by atoms with Gasteiger partial charge in [-0.25, -0.2) is 14.8 Å². The summed E-state index contributed by atoms with van der Waals surface area (Å²) in [5.41, 5.74) is 1.78. The average Bonchev–Trinajstić information content (AvgIpc) is 3.18. The highest BCUT2D eigenvalue weighted by atomic mass is 35.5. The minimum Gasteiger partial charge on any atom is -0.444 e. The van der Waals surface area contributed by atoms with Gasteiger partial charge in [0, 0.05) is 30.4 Å². The third-order valence-corrected chi connectivity index (χ3v) is 4.80. The van der Waals surface area contributed by atoms with Crippen molar-refractivity contribution in [2.75, 3.05) is 5.32 Å². The van der Waals surface area contributed by atoms with Gasteiger partial charge < -0.3 is 4.74 Å². The van der Waals surface area contributed by atoms with Gasteiger partial charge in [-0.05, 0) is 45.0 Å². The van der Waals surface area contributed by atoms with Crippen molar-refractivity contribution >= 4 is 34.4 Å². The standard InChI is InChI=1S/C23H20ClN7O2/c1-23(2,3)33-22(32)29-21-17(12-25)27-19(20(28-21)16-7-9-31(4)30-16)14-10-13-6-5-8-26-18(13)15(24)11-14/h5-11H,1-4H3,(H,28,29,32). The van der Waals surface area contributed by atoms with E-state index < -0.39 is 11.7 Å². The molecule has 33 heavy (non-hydrogen) atoms. The molecule has 0 bridgehead atoms. The summed E-state index contributed by atoms with van der Waals surface area (Å²) in [4.78, 5) is 25.7. The first-order valence-electron chi connectivity index (χ1n) is 10.0. The van der Waals surface area contributed by atoms with Gasteiger partial charge in [0.15, 0.2) is 11.5 Å². The third kappa shape index (κ3) is 4.76. The maximum Gasteiger partial charge on any atom is 0.413 e. The van der Waals surface area contributed by atoms with Crippen molar-refractivity contribution in [2.24, 2.45) is 7.05 Å². The number of nitrogens with zero attached hydrogens (tertiary/aromatic N) is 6. The Labute approximate surface area is 195 Å². The van der Waals surface area contributed by atoms with Crippen LogP contribution in [0.1, 0.15) is 26.5 Å². The van der Waals surface area contributed by atoms with Crippen LogP contribution in [-0.2, 0) is 11.8 Å². The zero-order valence-corrected chi connectivity index (χ0v) is 19.2. The molecular formula is C23H20ClN7O2. The Morgan fingerprint density at radius 1 is 1.21 bits per heavy atom. The number of nitrogens with one attached hydrogen (secondary N) is 1. The zero-order valence-electron chi connectivity index (χ0n) is 18.4. The molecule has 0 fully saturated rings. The Kier molecular flexibility index (Phi) is 5.70. The van der Waals surface area contributed by atoms with E-state index in [1.165, 1.54) is 0 Å². The topological polar surface area (TPSA) is 119 Å². The number of nitriles is 1. The molecule has 9 nitrogen and oxygen atoms in total. The highest BCUT2D eigenvalue weighted by molar-refractivity contribution is 6.35. The molecule has 0 aliphatic carbocycles. The zero-order chi connectivity index (χ0) is 23.8. The van der Waals surface area contributed by atoms with Crippen molar-refractivity contribution < 1.29 is 9.53 Å². The molecule has 10 heteroatoms. The van der Waals surface area contributed by atoms with Crippen LogP contribution >= 0.6 is 11.6 Å². The molecule has 0 aliphatic rings. The van der Waals surface area contributed by atoms with Crippen molar-refractivity contribution in [1.82, 2.24) is 24.7 Å². The van der Waals surface area contributed by atoms with Crippen LogP contribution in [0.25, 0.3) is 33.5 Å². The number of aryl methyl sites for hydroxylation is 1. The molecule has 1 aromatic carbocycles. The molecule has 0 aliphatic heterocycles. The van der Waals surface area contributed by atoms with Gasteiger partial charge in [-0.1, -0.05) is 17.7 Å². The normalized spacial score (nSPS) is 11.3. The SMILES string of the molecule is Cn1ccc(-c2nc(NC(=O)OC(C)(C)C)c(C#N)nc2-c2cc(Cl)c3ncccc3c2)n1. The summed E-state index contributed by atoms with van der Waals surface area (Å²) in [5, 5.41) is 17.9. The highest BCUT2D eigenvalue weighted by Crippen LogP contribution is 2.34. The first-order chi connectivity index (χ1) is 15.6. The average molecular weight is 462 g/mol. The molecule has 166 valence electrons. The van der Waals surface area contributed by atoms with Crippen molar-refractivity contribution in [1.29, 1.82) is 5.26 Å². The van der Waals surface area contributed by atoms with Gasteiger partial charge in [-0.15, -0.1) is 0 Å². The van der Waals surface area contributed by atoms with Crippen molar-refractivity contribution in [3.63, 3.8) is 0 Å². The van der Waals surface area contributed by atoms with Gasteiger partial charge in [0.05, 0.1) is 10.5 Å². The highest BCUT2D eigenvalue weighted by Gasteiger charge is 2.23. The smallest absolute Gasteiger partial charge is 0.413 e. The summed E-state index contributed by atoms with van der Waals surface area (Å²) >= 11 is 6.48. The molecule has 1 N–H and O–H groups in total. The van der Waals surface area contributed by atoms with Gasteiger partial charge in [0.1, 0.15) is 28.8 Å². The van der Waals surface area contributed by atoms with E-state index in [0.29, 0.717) is 33.2 Å². The number of anilines is 1. The van der Waals surface area contributed by atoms with Gasteiger partial charge in [-0.3, -0.25) is 15.0 Å². The van der Waals surface area contributed by atoms with Crippen LogP contribution in [-0.4, -0.2) is 36.4 Å². The molecule has 3 aromatic heterocycles. The molecule has 0 spiro atoms. The Morgan fingerprint density at radius 2 is 2.00 bits per heavy atom. The number of carbonyl (C=O) groups excluding carboxylic acids is 1. The number of fused-ring (bicyclic) bond motifs is 1. The predicted molar refractivity (Wildman–Crippen MR) is 125 cm³/mol. The van der Waals surface area contributed by atoms with Gasteiger partial charge in [-0.2, -0.15) is 10.4 Å². The number of aromatic nitrogens is 5. The number of rotatable bonds is 3. The summed E-state index contributed by atoms with van der Waals surface area (Å²) in [6.45, 7) is 5.22. The molecule has 0 saturated heterocycles. The molecule has 4 rings (SSSR count). The Morgan fingerprint density at radius 3 is 2.67 bits per heavy atom. The molecule has 0 unspecified atom stereocenters. The van der Waals surface area contributed by atoms with E-state index in [2.05, 4.69) is 25.4 Å². The minimum atomic E-state index is -0.743. The molecule has 0 atom stereocenters. The Hall–Kier alpha value is -4.03. The Balaban J connectivity index is 1.90. The van der Waals surface area contributed by atoms with E-state index in [0.717, 1.165) is 5.39 Å². The van der Waals surface area contributed by atoms with E-state index in [-0.39, 0.29) is 11.5 Å². The first kappa shape index (κ1) is 22.2. The van der Waals surface area contributed by atoms with Crippen molar-refractivity contribution in [2.45, 2.75) is 26.4 Å². The summed E-state index contributed by atoms with van der Waals surface area (Å²) in [7, 11) is 1.78. The fourth-order valence-electron chi connectivity index (χ4n) is 3.21. The number of halogens is 1. The van der Waals surface area contributed by atoms with Crippen LogP contribution in [0.5, 0.6) is 0 Å².